The van der Waals surface area contributed by atoms with Gasteiger partial charge in [-0.2, -0.15) is 0 Å². The van der Waals surface area contributed by atoms with Crippen LogP contribution in [0.5, 0.6) is 5.75 Å². The number of nitrogen functional groups attached to an aromatic ring is 1. The number of rotatable bonds is 3. The maximum atomic E-state index is 12.5. The lowest BCUT2D eigenvalue weighted by atomic mass is 10.1. The Morgan fingerprint density at radius 2 is 2.12 bits per heavy atom. The minimum absolute atomic E-state index is 0.109. The normalized spacial score (nSPS) is 10.8. The lowest BCUT2D eigenvalue weighted by molar-refractivity contribution is 0.151. The average molecular weight is 240 g/mol. The molecule has 1 aromatic carbocycles. The largest absolute Gasteiger partial charge is 0.496 e. The summed E-state index contributed by atoms with van der Waals surface area (Å²) >= 11 is 0. The van der Waals surface area contributed by atoms with Gasteiger partial charge in [0.15, 0.2) is 0 Å². The van der Waals surface area contributed by atoms with Crippen LogP contribution in [0, 0.1) is 0 Å². The van der Waals surface area contributed by atoms with Gasteiger partial charge in [-0.3, -0.25) is 0 Å². The summed E-state index contributed by atoms with van der Waals surface area (Å²) in [5.41, 5.74) is 6.28. The third-order valence-electron chi connectivity index (χ3n) is 2.28. The van der Waals surface area contributed by atoms with Crippen LogP contribution in [0.4, 0.5) is 14.7 Å². The molecule has 0 unspecified atom stereocenters. The van der Waals surface area contributed by atoms with Gasteiger partial charge in [0.1, 0.15) is 11.4 Å². The highest BCUT2D eigenvalue weighted by Crippen LogP contribution is 2.33. The summed E-state index contributed by atoms with van der Waals surface area (Å²) < 4.78 is 34.8. The van der Waals surface area contributed by atoms with Crippen molar-refractivity contribution in [3.05, 3.63) is 29.8 Å². The highest BCUT2D eigenvalue weighted by molar-refractivity contribution is 5.69. The lowest BCUT2D eigenvalue weighted by Gasteiger charge is -2.08. The quantitative estimate of drug-likeness (QED) is 0.896. The molecule has 6 heteroatoms. The minimum atomic E-state index is -2.54. The number of ether oxygens (including phenoxy) is 1. The first-order chi connectivity index (χ1) is 8.11. The highest BCUT2D eigenvalue weighted by atomic mass is 19.3. The zero-order chi connectivity index (χ0) is 12.4. The fourth-order valence-electron chi connectivity index (χ4n) is 1.47. The highest BCUT2D eigenvalue weighted by Gasteiger charge is 2.14. The van der Waals surface area contributed by atoms with Crippen LogP contribution >= 0.6 is 0 Å². The van der Waals surface area contributed by atoms with Crippen molar-refractivity contribution in [1.82, 2.24) is 5.16 Å². The Balaban J connectivity index is 2.48. The van der Waals surface area contributed by atoms with Crippen molar-refractivity contribution in [2.45, 2.75) is 6.43 Å². The van der Waals surface area contributed by atoms with Crippen molar-refractivity contribution in [3.63, 3.8) is 0 Å². The first-order valence-corrected chi connectivity index (χ1v) is 4.80. The van der Waals surface area contributed by atoms with Crippen LogP contribution in [0.25, 0.3) is 11.3 Å². The SMILES string of the molecule is COc1cc(C(F)F)ccc1-c1cc(N)on1. The average Bonchev–Trinajstić information content (AvgIpc) is 2.74. The molecule has 1 aromatic heterocycles. The Bertz CT molecular complexity index is 526. The summed E-state index contributed by atoms with van der Waals surface area (Å²) in [6.07, 6.45) is -2.54. The second-order valence-corrected chi connectivity index (χ2v) is 3.37. The number of nitrogens with two attached hydrogens (primary N) is 1. The lowest BCUT2D eigenvalue weighted by Crippen LogP contribution is -1.91. The maximum Gasteiger partial charge on any atom is 0.263 e. The summed E-state index contributed by atoms with van der Waals surface area (Å²) in [7, 11) is 1.40. The molecule has 0 spiro atoms. The molecule has 0 saturated carbocycles. The molecule has 0 atom stereocenters. The monoisotopic (exact) mass is 240 g/mol. The van der Waals surface area contributed by atoms with Crippen LogP contribution < -0.4 is 10.5 Å². The Hall–Kier alpha value is -2.11. The van der Waals surface area contributed by atoms with E-state index < -0.39 is 6.43 Å². The Labute approximate surface area is 96.0 Å². The summed E-state index contributed by atoms with van der Waals surface area (Å²) in [5.74, 6) is 0.455. The van der Waals surface area contributed by atoms with Crippen LogP contribution in [0.1, 0.15) is 12.0 Å². The predicted octanol–water partition coefficient (Wildman–Crippen LogP) is 2.87. The van der Waals surface area contributed by atoms with Crippen LogP contribution in [0.2, 0.25) is 0 Å². The molecular weight excluding hydrogens is 230 g/mol. The number of hydrogen-bond acceptors (Lipinski definition) is 4. The summed E-state index contributed by atoms with van der Waals surface area (Å²) in [5, 5.41) is 3.70. The van der Waals surface area contributed by atoms with Crippen LogP contribution in [0.15, 0.2) is 28.8 Å². The van der Waals surface area contributed by atoms with E-state index in [1.165, 1.54) is 31.4 Å². The fraction of sp³-hybridized carbons (Fsp3) is 0.182. The Morgan fingerprint density at radius 1 is 1.35 bits per heavy atom. The number of benzene rings is 1. The van der Waals surface area contributed by atoms with Gasteiger partial charge in [0.25, 0.3) is 6.43 Å². The van der Waals surface area contributed by atoms with Gasteiger partial charge in [0, 0.05) is 17.2 Å². The van der Waals surface area contributed by atoms with Crippen molar-refractivity contribution in [2.75, 3.05) is 12.8 Å². The van der Waals surface area contributed by atoms with Gasteiger partial charge < -0.3 is 15.0 Å². The van der Waals surface area contributed by atoms with Gasteiger partial charge in [0.2, 0.25) is 5.88 Å². The molecule has 0 aliphatic rings. The van der Waals surface area contributed by atoms with E-state index in [0.717, 1.165) is 0 Å². The number of anilines is 1. The van der Waals surface area contributed by atoms with Gasteiger partial charge in [-0.15, -0.1) is 0 Å². The molecule has 4 nitrogen and oxygen atoms in total. The summed E-state index contributed by atoms with van der Waals surface area (Å²) in [6.45, 7) is 0. The number of nitrogens with zero attached hydrogens (tertiary/aromatic N) is 1. The second kappa shape index (κ2) is 4.40. The van der Waals surface area contributed by atoms with E-state index in [2.05, 4.69) is 5.16 Å². The molecule has 2 N–H and O–H groups in total. The third-order valence-corrected chi connectivity index (χ3v) is 2.28. The topological polar surface area (TPSA) is 61.3 Å². The molecule has 2 rings (SSSR count). The van der Waals surface area contributed by atoms with Gasteiger partial charge in [-0.05, 0) is 12.1 Å². The molecule has 90 valence electrons. The van der Waals surface area contributed by atoms with Gasteiger partial charge in [-0.25, -0.2) is 8.78 Å². The molecule has 0 amide bonds. The molecule has 0 bridgehead atoms. The predicted molar refractivity (Wildman–Crippen MR) is 57.9 cm³/mol. The van der Waals surface area contributed by atoms with Crippen LogP contribution in [-0.4, -0.2) is 12.3 Å². The zero-order valence-corrected chi connectivity index (χ0v) is 8.98. The van der Waals surface area contributed by atoms with E-state index in [1.54, 1.807) is 0 Å². The smallest absolute Gasteiger partial charge is 0.263 e. The standard InChI is InChI=1S/C11H10F2N2O2/c1-16-9-4-6(11(12)13)2-3-7(9)8-5-10(14)17-15-8/h2-5,11H,14H2,1H3. The molecular formula is C11H10F2N2O2. The van der Waals surface area contributed by atoms with Crippen LogP contribution in [-0.2, 0) is 0 Å². The van der Waals surface area contributed by atoms with E-state index in [0.29, 0.717) is 17.0 Å². The van der Waals surface area contributed by atoms with Gasteiger partial charge >= 0.3 is 0 Å². The summed E-state index contributed by atoms with van der Waals surface area (Å²) in [6, 6.07) is 5.58. The number of aromatic nitrogens is 1. The Morgan fingerprint density at radius 3 is 2.65 bits per heavy atom. The molecule has 0 radical (unpaired) electrons. The molecule has 2 aromatic rings. The minimum Gasteiger partial charge on any atom is -0.496 e. The number of alkyl halides is 2. The van der Waals surface area contributed by atoms with Gasteiger partial charge in [-0.1, -0.05) is 11.2 Å². The molecule has 1 heterocycles. The van der Waals surface area contributed by atoms with Crippen molar-refractivity contribution < 1.29 is 18.0 Å². The second-order valence-electron chi connectivity index (χ2n) is 3.37. The van der Waals surface area contributed by atoms with Crippen molar-refractivity contribution in [2.24, 2.45) is 0 Å². The molecule has 0 saturated heterocycles. The Kier molecular flexibility index (Phi) is 2.95. The summed E-state index contributed by atoms with van der Waals surface area (Å²) in [4.78, 5) is 0. The van der Waals surface area contributed by atoms with Crippen molar-refractivity contribution >= 4 is 5.88 Å². The molecule has 0 aliphatic heterocycles. The zero-order valence-electron chi connectivity index (χ0n) is 8.98. The van der Waals surface area contributed by atoms with Gasteiger partial charge in [0.05, 0.1) is 7.11 Å². The first kappa shape index (κ1) is 11.4. The van der Waals surface area contributed by atoms with E-state index in [9.17, 15) is 8.78 Å². The fourth-order valence-corrected chi connectivity index (χ4v) is 1.47. The number of halogens is 2. The maximum absolute atomic E-state index is 12.5. The van der Waals surface area contributed by atoms with Crippen LogP contribution in [0.3, 0.4) is 0 Å². The number of methoxy groups -OCH3 is 1. The molecule has 17 heavy (non-hydrogen) atoms. The molecule has 0 fully saturated rings. The number of hydrogen-bond donors (Lipinski definition) is 1. The molecule has 0 aliphatic carbocycles. The first-order valence-electron chi connectivity index (χ1n) is 4.80. The van der Waals surface area contributed by atoms with E-state index in [-0.39, 0.29) is 11.4 Å². The van der Waals surface area contributed by atoms with E-state index in [1.807, 2.05) is 0 Å². The van der Waals surface area contributed by atoms with E-state index in [4.69, 9.17) is 15.0 Å². The van der Waals surface area contributed by atoms with Crippen molar-refractivity contribution in [1.29, 1.82) is 0 Å². The van der Waals surface area contributed by atoms with E-state index >= 15 is 0 Å². The van der Waals surface area contributed by atoms with Crippen molar-refractivity contribution in [3.8, 4) is 17.0 Å². The third kappa shape index (κ3) is 2.20.